The third-order valence-corrected chi connectivity index (χ3v) is 2.84. The van der Waals surface area contributed by atoms with Gasteiger partial charge in [0.25, 0.3) is 0 Å². The number of thioether (sulfide) groups is 1. The molecule has 0 radical (unpaired) electrons. The number of hydrogen-bond donors (Lipinski definition) is 1. The maximum atomic E-state index is 11.3. The molecule has 0 bridgehead atoms. The molecule has 1 unspecified atom stereocenters. The van der Waals surface area contributed by atoms with Crippen molar-refractivity contribution in [2.75, 3.05) is 12.4 Å². The van der Waals surface area contributed by atoms with E-state index in [1.807, 2.05) is 13.8 Å². The number of H-pyrrole nitrogens is 1. The lowest BCUT2D eigenvalue weighted by atomic mass is 10.2. The van der Waals surface area contributed by atoms with Crippen LogP contribution in [0.25, 0.3) is 0 Å². The Morgan fingerprint density at radius 1 is 1.67 bits per heavy atom. The minimum atomic E-state index is -0.169. The predicted octanol–water partition coefficient (Wildman–Crippen LogP) is 1.40. The molecule has 1 aromatic rings. The maximum Gasteiger partial charge on any atom is 0.309 e. The second-order valence-electron chi connectivity index (χ2n) is 3.17. The van der Waals surface area contributed by atoms with Crippen LogP contribution in [0, 0.1) is 12.8 Å². The number of carbonyl (C=O) groups excluding carboxylic acids is 1. The largest absolute Gasteiger partial charge is 0.466 e. The number of nitrogens with one attached hydrogen (secondary N) is 1. The summed E-state index contributed by atoms with van der Waals surface area (Å²) < 4.78 is 4.90. The number of nitrogens with zero attached hydrogens (tertiary/aromatic N) is 2. The summed E-state index contributed by atoms with van der Waals surface area (Å²) in [4.78, 5) is 15.4. The van der Waals surface area contributed by atoms with E-state index in [1.165, 1.54) is 11.8 Å². The maximum absolute atomic E-state index is 11.3. The smallest absolute Gasteiger partial charge is 0.309 e. The van der Waals surface area contributed by atoms with Gasteiger partial charge in [0.05, 0.1) is 12.5 Å². The molecular weight excluding hydrogens is 214 g/mol. The van der Waals surface area contributed by atoms with E-state index in [0.29, 0.717) is 17.5 Å². The van der Waals surface area contributed by atoms with Gasteiger partial charge < -0.3 is 4.74 Å². The Labute approximate surface area is 93.0 Å². The molecule has 84 valence electrons. The van der Waals surface area contributed by atoms with E-state index in [1.54, 1.807) is 6.92 Å². The van der Waals surface area contributed by atoms with Gasteiger partial charge in [-0.1, -0.05) is 18.7 Å². The van der Waals surface area contributed by atoms with E-state index in [0.717, 1.165) is 5.82 Å². The van der Waals surface area contributed by atoms with Crippen molar-refractivity contribution >= 4 is 17.7 Å². The van der Waals surface area contributed by atoms with Gasteiger partial charge in [0.15, 0.2) is 0 Å². The number of rotatable bonds is 5. The standard InChI is InChI=1S/C9H15N3O2S/c1-4-14-8(13)6(2)5-15-9-10-7(3)11-12-9/h6H,4-5H2,1-3H3,(H,10,11,12). The number of ether oxygens (including phenoxy) is 1. The van der Waals surface area contributed by atoms with Crippen molar-refractivity contribution in [1.82, 2.24) is 15.2 Å². The molecule has 6 heteroatoms. The zero-order chi connectivity index (χ0) is 11.3. The van der Waals surface area contributed by atoms with Crippen molar-refractivity contribution in [3.63, 3.8) is 0 Å². The molecule has 5 nitrogen and oxygen atoms in total. The highest BCUT2D eigenvalue weighted by Gasteiger charge is 2.15. The van der Waals surface area contributed by atoms with Gasteiger partial charge in [-0.3, -0.25) is 9.89 Å². The molecule has 0 saturated heterocycles. The van der Waals surface area contributed by atoms with Crippen LogP contribution in [0.2, 0.25) is 0 Å². The molecule has 1 N–H and O–H groups in total. The van der Waals surface area contributed by atoms with Crippen LogP contribution in [0.4, 0.5) is 0 Å². The normalized spacial score (nSPS) is 12.5. The SMILES string of the molecule is CCOC(=O)C(C)CSc1n[nH]c(C)n1. The number of aromatic amines is 1. The predicted molar refractivity (Wildman–Crippen MR) is 57.6 cm³/mol. The van der Waals surface area contributed by atoms with Gasteiger partial charge in [-0.15, -0.1) is 5.10 Å². The summed E-state index contributed by atoms with van der Waals surface area (Å²) in [6.07, 6.45) is 0. The topological polar surface area (TPSA) is 67.9 Å². The lowest BCUT2D eigenvalue weighted by molar-refractivity contribution is -0.146. The first-order chi connectivity index (χ1) is 7.13. The Kier molecular flexibility index (Phi) is 4.61. The van der Waals surface area contributed by atoms with Gasteiger partial charge in [0, 0.05) is 5.75 Å². The van der Waals surface area contributed by atoms with Crippen LogP contribution >= 0.6 is 11.8 Å². The van der Waals surface area contributed by atoms with Crippen molar-refractivity contribution in [2.45, 2.75) is 25.9 Å². The van der Waals surface area contributed by atoms with E-state index < -0.39 is 0 Å². The molecule has 0 aliphatic heterocycles. The highest BCUT2D eigenvalue weighted by Crippen LogP contribution is 2.16. The second kappa shape index (κ2) is 5.75. The lowest BCUT2D eigenvalue weighted by Crippen LogP contribution is -2.16. The fourth-order valence-electron chi connectivity index (χ4n) is 0.939. The average Bonchev–Trinajstić information content (AvgIpc) is 2.61. The van der Waals surface area contributed by atoms with Crippen LogP contribution in [0.15, 0.2) is 5.16 Å². The quantitative estimate of drug-likeness (QED) is 0.610. The number of aryl methyl sites for hydroxylation is 1. The van der Waals surface area contributed by atoms with E-state index >= 15 is 0 Å². The molecule has 1 atom stereocenters. The van der Waals surface area contributed by atoms with Crippen LogP contribution in [-0.4, -0.2) is 33.5 Å². The van der Waals surface area contributed by atoms with Crippen LogP contribution in [0.3, 0.4) is 0 Å². The van der Waals surface area contributed by atoms with E-state index in [-0.39, 0.29) is 11.9 Å². The Morgan fingerprint density at radius 3 is 2.93 bits per heavy atom. The summed E-state index contributed by atoms with van der Waals surface area (Å²) in [5.41, 5.74) is 0. The van der Waals surface area contributed by atoms with E-state index in [2.05, 4.69) is 15.2 Å². The van der Waals surface area contributed by atoms with Crippen molar-refractivity contribution in [2.24, 2.45) is 5.92 Å². The molecule has 0 aliphatic carbocycles. The average molecular weight is 229 g/mol. The molecule has 0 saturated carbocycles. The number of carbonyl (C=O) groups is 1. The zero-order valence-corrected chi connectivity index (χ0v) is 9.93. The van der Waals surface area contributed by atoms with Gasteiger partial charge in [0.1, 0.15) is 5.82 Å². The Balaban J connectivity index is 2.33. The molecular formula is C9H15N3O2S. The van der Waals surface area contributed by atoms with Gasteiger partial charge in [0.2, 0.25) is 5.16 Å². The Bertz CT molecular complexity index is 327. The van der Waals surface area contributed by atoms with Gasteiger partial charge >= 0.3 is 5.97 Å². The van der Waals surface area contributed by atoms with Gasteiger partial charge in [-0.2, -0.15) is 0 Å². The number of hydrogen-bond acceptors (Lipinski definition) is 5. The summed E-state index contributed by atoms with van der Waals surface area (Å²) in [5, 5.41) is 7.39. The fourth-order valence-corrected chi connectivity index (χ4v) is 1.79. The van der Waals surface area contributed by atoms with E-state index in [9.17, 15) is 4.79 Å². The van der Waals surface area contributed by atoms with Crippen molar-refractivity contribution < 1.29 is 9.53 Å². The monoisotopic (exact) mass is 229 g/mol. The fraction of sp³-hybridized carbons (Fsp3) is 0.667. The van der Waals surface area contributed by atoms with Gasteiger partial charge in [-0.05, 0) is 13.8 Å². The van der Waals surface area contributed by atoms with Crippen LogP contribution in [0.5, 0.6) is 0 Å². The minimum Gasteiger partial charge on any atom is -0.466 e. The minimum absolute atomic E-state index is 0.131. The lowest BCUT2D eigenvalue weighted by Gasteiger charge is -2.07. The van der Waals surface area contributed by atoms with Crippen molar-refractivity contribution in [3.05, 3.63) is 5.82 Å². The molecule has 1 heterocycles. The molecule has 1 aromatic heterocycles. The Hall–Kier alpha value is -1.04. The highest BCUT2D eigenvalue weighted by molar-refractivity contribution is 7.99. The summed E-state index contributed by atoms with van der Waals surface area (Å²) in [6.45, 7) is 5.90. The van der Waals surface area contributed by atoms with Gasteiger partial charge in [-0.25, -0.2) is 4.98 Å². The number of esters is 1. The first-order valence-corrected chi connectivity index (χ1v) is 5.80. The Morgan fingerprint density at radius 2 is 2.40 bits per heavy atom. The summed E-state index contributed by atoms with van der Waals surface area (Å²) in [6, 6.07) is 0. The van der Waals surface area contributed by atoms with Crippen molar-refractivity contribution in [3.8, 4) is 0 Å². The van der Waals surface area contributed by atoms with Crippen LogP contribution in [0.1, 0.15) is 19.7 Å². The van der Waals surface area contributed by atoms with E-state index in [4.69, 9.17) is 4.74 Å². The van der Waals surface area contributed by atoms with Crippen LogP contribution < -0.4 is 0 Å². The first-order valence-electron chi connectivity index (χ1n) is 4.82. The summed E-state index contributed by atoms with van der Waals surface area (Å²) in [7, 11) is 0. The molecule has 15 heavy (non-hydrogen) atoms. The molecule has 0 fully saturated rings. The molecule has 1 rings (SSSR count). The molecule has 0 amide bonds. The first kappa shape index (κ1) is 12.0. The van der Waals surface area contributed by atoms with Crippen LogP contribution in [-0.2, 0) is 9.53 Å². The third kappa shape index (κ3) is 3.91. The zero-order valence-electron chi connectivity index (χ0n) is 9.11. The highest BCUT2D eigenvalue weighted by atomic mass is 32.2. The summed E-state index contributed by atoms with van der Waals surface area (Å²) >= 11 is 1.45. The molecule has 0 spiro atoms. The number of aromatic nitrogens is 3. The molecule has 0 aromatic carbocycles. The molecule has 0 aliphatic rings. The third-order valence-electron chi connectivity index (χ3n) is 1.73. The summed E-state index contributed by atoms with van der Waals surface area (Å²) in [5.74, 6) is 1.11. The second-order valence-corrected chi connectivity index (χ2v) is 4.15. The van der Waals surface area contributed by atoms with Crippen molar-refractivity contribution in [1.29, 1.82) is 0 Å².